The van der Waals surface area contributed by atoms with Gasteiger partial charge in [-0.3, -0.25) is 9.59 Å². The molecule has 0 radical (unpaired) electrons. The molecule has 5 rings (SSSR count). The molecule has 1 amide bonds. The number of hydrogen-bond acceptors (Lipinski definition) is 4. The summed E-state index contributed by atoms with van der Waals surface area (Å²) in [4.78, 5) is 25.7. The molecule has 2 aromatic heterocycles. The molecule has 0 bridgehead atoms. The second-order valence-electron chi connectivity index (χ2n) is 6.51. The maximum absolute atomic E-state index is 12.9. The topological polar surface area (TPSA) is 64.0 Å². The van der Waals surface area contributed by atoms with Crippen molar-refractivity contribution in [1.82, 2.24) is 8.94 Å². The van der Waals surface area contributed by atoms with Crippen molar-refractivity contribution in [3.63, 3.8) is 0 Å². The first-order chi connectivity index (χ1) is 12.7. The fourth-order valence-electron chi connectivity index (χ4n) is 3.67. The van der Waals surface area contributed by atoms with Crippen molar-refractivity contribution in [2.45, 2.75) is 19.4 Å². The first-order valence-electron chi connectivity index (χ1n) is 8.51. The first kappa shape index (κ1) is 15.3. The number of para-hydroxylation sites is 1. The first-order valence-corrected chi connectivity index (χ1v) is 9.29. The van der Waals surface area contributed by atoms with E-state index >= 15 is 0 Å². The predicted molar refractivity (Wildman–Crippen MR) is 104 cm³/mol. The molecular weight excluding hydrogens is 346 g/mol. The minimum atomic E-state index is -0.376. The third kappa shape index (κ3) is 2.34. The fourth-order valence-corrected chi connectivity index (χ4v) is 4.29. The standard InChI is InChI=1S/C20H15N3O2S/c24-19-15-5-1-3-12-4-2-8-23(18(12)15)11-16(19)20(25)22-14-6-7-17-13(9-14)10-21-26-17/h1,3,5-7,9-11H,2,4,8H2,(H,22,25). The summed E-state index contributed by atoms with van der Waals surface area (Å²) < 4.78 is 7.24. The largest absolute Gasteiger partial charge is 0.346 e. The van der Waals surface area contributed by atoms with Gasteiger partial charge in [-0.1, -0.05) is 12.1 Å². The minimum Gasteiger partial charge on any atom is -0.346 e. The summed E-state index contributed by atoms with van der Waals surface area (Å²) in [7, 11) is 0. The summed E-state index contributed by atoms with van der Waals surface area (Å²) >= 11 is 1.41. The summed E-state index contributed by atoms with van der Waals surface area (Å²) in [5.74, 6) is -0.376. The highest BCUT2D eigenvalue weighted by molar-refractivity contribution is 7.13. The van der Waals surface area contributed by atoms with Gasteiger partial charge in [0.15, 0.2) is 0 Å². The van der Waals surface area contributed by atoms with E-state index in [2.05, 4.69) is 15.8 Å². The number of pyridine rings is 1. The van der Waals surface area contributed by atoms with Gasteiger partial charge in [-0.05, 0) is 54.2 Å². The number of anilines is 1. The van der Waals surface area contributed by atoms with Gasteiger partial charge in [0.1, 0.15) is 5.56 Å². The number of hydrogen-bond donors (Lipinski definition) is 1. The van der Waals surface area contributed by atoms with Crippen molar-refractivity contribution in [2.75, 3.05) is 5.32 Å². The van der Waals surface area contributed by atoms with Gasteiger partial charge >= 0.3 is 0 Å². The molecule has 0 spiro atoms. The third-order valence-electron chi connectivity index (χ3n) is 4.88. The van der Waals surface area contributed by atoms with Crippen LogP contribution in [0.5, 0.6) is 0 Å². The van der Waals surface area contributed by atoms with Crippen molar-refractivity contribution in [3.8, 4) is 0 Å². The Morgan fingerprint density at radius 1 is 1.23 bits per heavy atom. The second-order valence-corrected chi connectivity index (χ2v) is 7.35. The number of carbonyl (C=O) groups excluding carboxylic acids is 1. The van der Waals surface area contributed by atoms with E-state index < -0.39 is 0 Å². The molecule has 2 aromatic carbocycles. The molecule has 1 aliphatic heterocycles. The number of nitrogens with one attached hydrogen (secondary N) is 1. The lowest BCUT2D eigenvalue weighted by atomic mass is 9.99. The van der Waals surface area contributed by atoms with Crippen LogP contribution in [0.25, 0.3) is 21.0 Å². The van der Waals surface area contributed by atoms with Crippen molar-refractivity contribution >= 4 is 44.1 Å². The highest BCUT2D eigenvalue weighted by Gasteiger charge is 2.19. The van der Waals surface area contributed by atoms with Crippen LogP contribution in [-0.4, -0.2) is 14.8 Å². The van der Waals surface area contributed by atoms with E-state index in [0.717, 1.165) is 35.0 Å². The monoisotopic (exact) mass is 361 g/mol. The summed E-state index contributed by atoms with van der Waals surface area (Å²) in [6.07, 6.45) is 5.45. The van der Waals surface area contributed by atoms with Gasteiger partial charge in [-0.25, -0.2) is 0 Å². The Labute approximate surface area is 153 Å². The van der Waals surface area contributed by atoms with E-state index in [4.69, 9.17) is 0 Å². The number of carbonyl (C=O) groups is 1. The molecule has 6 heteroatoms. The van der Waals surface area contributed by atoms with Crippen LogP contribution in [0.2, 0.25) is 0 Å². The molecule has 0 fully saturated rings. The Morgan fingerprint density at radius 2 is 2.15 bits per heavy atom. The van der Waals surface area contributed by atoms with Crippen molar-refractivity contribution in [2.24, 2.45) is 0 Å². The molecule has 0 saturated heterocycles. The van der Waals surface area contributed by atoms with Gasteiger partial charge in [0.2, 0.25) is 5.43 Å². The van der Waals surface area contributed by atoms with Crippen LogP contribution in [0.3, 0.4) is 0 Å². The van der Waals surface area contributed by atoms with Gasteiger partial charge in [0, 0.05) is 35.4 Å². The zero-order valence-corrected chi connectivity index (χ0v) is 14.7. The SMILES string of the molecule is O=C(Nc1ccc2sncc2c1)c1cn2c3c(cccc3c1=O)CCC2. The Bertz CT molecular complexity index is 1240. The summed E-state index contributed by atoms with van der Waals surface area (Å²) in [5, 5.41) is 4.45. The van der Waals surface area contributed by atoms with Crippen LogP contribution in [0.1, 0.15) is 22.3 Å². The van der Waals surface area contributed by atoms with Crippen molar-refractivity contribution in [3.05, 3.63) is 70.1 Å². The number of aromatic nitrogens is 2. The minimum absolute atomic E-state index is 0.181. The third-order valence-corrected chi connectivity index (χ3v) is 5.66. The van der Waals surface area contributed by atoms with E-state index in [-0.39, 0.29) is 16.9 Å². The van der Waals surface area contributed by atoms with E-state index in [1.807, 2.05) is 34.9 Å². The maximum atomic E-state index is 12.9. The van der Waals surface area contributed by atoms with Crippen LogP contribution in [0.15, 0.2) is 53.6 Å². The molecule has 0 saturated carbocycles. The van der Waals surface area contributed by atoms with Crippen LogP contribution >= 0.6 is 11.5 Å². The molecule has 1 aliphatic rings. The van der Waals surface area contributed by atoms with Crippen LogP contribution in [0.4, 0.5) is 5.69 Å². The molecule has 5 nitrogen and oxygen atoms in total. The maximum Gasteiger partial charge on any atom is 0.261 e. The fraction of sp³-hybridized carbons (Fsp3) is 0.150. The molecule has 3 heterocycles. The number of amides is 1. The quantitative estimate of drug-likeness (QED) is 0.590. The molecule has 0 atom stereocenters. The molecule has 128 valence electrons. The summed E-state index contributed by atoms with van der Waals surface area (Å²) in [6.45, 7) is 0.820. The summed E-state index contributed by atoms with van der Waals surface area (Å²) in [5.41, 5.74) is 2.77. The number of benzene rings is 2. The normalized spacial score (nSPS) is 13.2. The Morgan fingerprint density at radius 3 is 3.08 bits per heavy atom. The summed E-state index contributed by atoms with van der Waals surface area (Å²) in [6, 6.07) is 11.4. The lowest BCUT2D eigenvalue weighted by Crippen LogP contribution is -2.25. The zero-order valence-electron chi connectivity index (χ0n) is 13.9. The Kier molecular flexibility index (Phi) is 3.39. The van der Waals surface area contributed by atoms with E-state index in [0.29, 0.717) is 11.1 Å². The molecule has 0 unspecified atom stereocenters. The smallest absolute Gasteiger partial charge is 0.261 e. The second kappa shape index (κ2) is 5.78. The predicted octanol–water partition coefficient (Wildman–Crippen LogP) is 3.81. The average Bonchev–Trinajstić information content (AvgIpc) is 3.12. The number of rotatable bonds is 2. The highest BCUT2D eigenvalue weighted by Crippen LogP contribution is 2.25. The highest BCUT2D eigenvalue weighted by atomic mass is 32.1. The van der Waals surface area contributed by atoms with E-state index in [9.17, 15) is 9.59 Å². The molecule has 4 aromatic rings. The van der Waals surface area contributed by atoms with Crippen LogP contribution in [0, 0.1) is 0 Å². The van der Waals surface area contributed by atoms with Crippen LogP contribution in [-0.2, 0) is 13.0 Å². The van der Waals surface area contributed by atoms with E-state index in [1.165, 1.54) is 17.1 Å². The molecular formula is C20H15N3O2S. The van der Waals surface area contributed by atoms with Gasteiger partial charge in [0.05, 0.1) is 10.2 Å². The van der Waals surface area contributed by atoms with Crippen molar-refractivity contribution in [1.29, 1.82) is 0 Å². The molecule has 26 heavy (non-hydrogen) atoms. The number of fused-ring (bicyclic) bond motifs is 1. The van der Waals surface area contributed by atoms with Gasteiger partial charge in [-0.15, -0.1) is 0 Å². The van der Waals surface area contributed by atoms with Crippen LogP contribution < -0.4 is 10.7 Å². The van der Waals surface area contributed by atoms with Gasteiger partial charge < -0.3 is 9.88 Å². The van der Waals surface area contributed by atoms with Gasteiger partial charge in [0.25, 0.3) is 5.91 Å². The number of aryl methyl sites for hydroxylation is 2. The Balaban J connectivity index is 1.59. The lowest BCUT2D eigenvalue weighted by molar-refractivity contribution is 0.102. The van der Waals surface area contributed by atoms with E-state index in [1.54, 1.807) is 12.4 Å². The zero-order chi connectivity index (χ0) is 17.7. The lowest BCUT2D eigenvalue weighted by Gasteiger charge is -2.20. The van der Waals surface area contributed by atoms with Crippen molar-refractivity contribution < 1.29 is 4.79 Å². The Hall–Kier alpha value is -2.99. The molecule has 1 N–H and O–H groups in total. The number of nitrogens with zero attached hydrogens (tertiary/aromatic N) is 2. The van der Waals surface area contributed by atoms with Gasteiger partial charge in [-0.2, -0.15) is 4.37 Å². The molecule has 0 aliphatic carbocycles. The average molecular weight is 361 g/mol.